The largest absolute Gasteiger partial charge is 0.357 e. The maximum Gasteiger partial charge on any atom is 0.254 e. The summed E-state index contributed by atoms with van der Waals surface area (Å²) < 4.78 is 0. The third-order valence-electron chi connectivity index (χ3n) is 3.67. The number of rotatable bonds is 3. The predicted octanol–water partition coefficient (Wildman–Crippen LogP) is 0.958. The first kappa shape index (κ1) is 13.8. The average molecular weight is 262 g/mol. The zero-order valence-electron chi connectivity index (χ0n) is 11.7. The summed E-state index contributed by atoms with van der Waals surface area (Å²) in [7, 11) is 3.49. The average Bonchev–Trinajstić information content (AvgIpc) is 2.46. The normalized spacial score (nSPS) is 16.5. The number of piperidine rings is 1. The van der Waals surface area contributed by atoms with Gasteiger partial charge in [0.15, 0.2) is 0 Å². The number of carbonyl (C=O) groups is 1. The van der Waals surface area contributed by atoms with Crippen LogP contribution in [-0.2, 0) is 0 Å². The Morgan fingerprint density at radius 1 is 1.42 bits per heavy atom. The lowest BCUT2D eigenvalue weighted by Crippen LogP contribution is -2.36. The van der Waals surface area contributed by atoms with Gasteiger partial charge in [0.1, 0.15) is 5.82 Å². The van der Waals surface area contributed by atoms with Gasteiger partial charge in [-0.2, -0.15) is 0 Å². The molecule has 2 N–H and O–H groups in total. The molecular formula is C14H22N4O. The summed E-state index contributed by atoms with van der Waals surface area (Å²) >= 11 is 0. The van der Waals surface area contributed by atoms with E-state index in [1.165, 1.54) is 0 Å². The quantitative estimate of drug-likeness (QED) is 0.881. The van der Waals surface area contributed by atoms with Gasteiger partial charge >= 0.3 is 0 Å². The van der Waals surface area contributed by atoms with Crippen LogP contribution < -0.4 is 10.6 Å². The van der Waals surface area contributed by atoms with Crippen LogP contribution in [0.1, 0.15) is 23.2 Å². The van der Waals surface area contributed by atoms with Crippen LogP contribution in [-0.4, -0.2) is 49.5 Å². The lowest BCUT2D eigenvalue weighted by molar-refractivity contribution is 0.0827. The van der Waals surface area contributed by atoms with E-state index in [2.05, 4.69) is 9.88 Å². The highest BCUT2D eigenvalue weighted by Gasteiger charge is 2.19. The monoisotopic (exact) mass is 262 g/mol. The van der Waals surface area contributed by atoms with Crippen molar-refractivity contribution in [1.82, 2.24) is 9.88 Å². The fraction of sp³-hybridized carbons (Fsp3) is 0.571. The van der Waals surface area contributed by atoms with Crippen molar-refractivity contribution in [2.75, 3.05) is 38.6 Å². The molecule has 104 valence electrons. The van der Waals surface area contributed by atoms with Gasteiger partial charge in [-0.3, -0.25) is 4.79 Å². The van der Waals surface area contributed by atoms with E-state index in [1.54, 1.807) is 25.2 Å². The van der Waals surface area contributed by atoms with Gasteiger partial charge in [-0.25, -0.2) is 4.98 Å². The Labute approximate surface area is 114 Å². The molecule has 5 heteroatoms. The molecule has 1 amide bonds. The summed E-state index contributed by atoms with van der Waals surface area (Å²) in [4.78, 5) is 20.0. The molecule has 2 heterocycles. The molecule has 0 radical (unpaired) electrons. The molecule has 0 atom stereocenters. The van der Waals surface area contributed by atoms with Gasteiger partial charge in [-0.1, -0.05) is 0 Å². The molecule has 1 aromatic heterocycles. The molecule has 1 aromatic rings. The summed E-state index contributed by atoms with van der Waals surface area (Å²) in [6.45, 7) is 2.77. The van der Waals surface area contributed by atoms with Crippen molar-refractivity contribution in [3.05, 3.63) is 23.9 Å². The molecule has 1 aliphatic rings. The highest BCUT2D eigenvalue weighted by Crippen LogP contribution is 2.21. The summed E-state index contributed by atoms with van der Waals surface area (Å²) in [6, 6.07) is 3.78. The van der Waals surface area contributed by atoms with Gasteiger partial charge in [0.2, 0.25) is 0 Å². The summed E-state index contributed by atoms with van der Waals surface area (Å²) in [5.41, 5.74) is 6.32. The number of nitrogens with two attached hydrogens (primary N) is 1. The van der Waals surface area contributed by atoms with Crippen LogP contribution in [0, 0.1) is 5.92 Å². The number of hydrogen-bond donors (Lipinski definition) is 1. The topological polar surface area (TPSA) is 62.5 Å². The van der Waals surface area contributed by atoms with E-state index in [0.717, 1.165) is 38.3 Å². The molecule has 19 heavy (non-hydrogen) atoms. The van der Waals surface area contributed by atoms with Gasteiger partial charge in [0.05, 0.1) is 5.56 Å². The Morgan fingerprint density at radius 3 is 2.58 bits per heavy atom. The maximum absolute atomic E-state index is 11.8. The zero-order valence-corrected chi connectivity index (χ0v) is 11.7. The Kier molecular flexibility index (Phi) is 4.37. The molecule has 0 aliphatic carbocycles. The molecular weight excluding hydrogens is 240 g/mol. The number of anilines is 1. The van der Waals surface area contributed by atoms with Crippen molar-refractivity contribution in [2.24, 2.45) is 11.7 Å². The Bertz CT molecular complexity index is 422. The van der Waals surface area contributed by atoms with Crippen LogP contribution in [0.3, 0.4) is 0 Å². The highest BCUT2D eigenvalue weighted by atomic mass is 16.2. The lowest BCUT2D eigenvalue weighted by atomic mass is 9.97. The molecule has 0 saturated carbocycles. The van der Waals surface area contributed by atoms with Gasteiger partial charge < -0.3 is 15.5 Å². The second-order valence-corrected chi connectivity index (χ2v) is 5.27. The minimum absolute atomic E-state index is 0.0131. The summed E-state index contributed by atoms with van der Waals surface area (Å²) in [5.74, 6) is 1.58. The van der Waals surface area contributed by atoms with Crippen LogP contribution in [0.2, 0.25) is 0 Å². The van der Waals surface area contributed by atoms with Gasteiger partial charge in [0.25, 0.3) is 5.91 Å². The number of hydrogen-bond acceptors (Lipinski definition) is 4. The number of aromatic nitrogens is 1. The standard InChI is InChI=1S/C14H22N4O/c1-17(2)14(19)12-3-4-13(16-10-12)18-7-5-11(9-15)6-8-18/h3-4,10-11H,5-9,15H2,1-2H3. The Hall–Kier alpha value is -1.62. The number of nitrogens with zero attached hydrogens (tertiary/aromatic N) is 3. The van der Waals surface area contributed by atoms with Crippen LogP contribution in [0.25, 0.3) is 0 Å². The van der Waals surface area contributed by atoms with E-state index in [9.17, 15) is 4.79 Å². The van der Waals surface area contributed by atoms with Gasteiger partial charge in [-0.05, 0) is 37.4 Å². The molecule has 0 unspecified atom stereocenters. The molecule has 0 aromatic carbocycles. The van der Waals surface area contributed by atoms with E-state index in [4.69, 9.17) is 5.73 Å². The van der Waals surface area contributed by atoms with Gasteiger partial charge in [-0.15, -0.1) is 0 Å². The first-order chi connectivity index (χ1) is 9.11. The molecule has 0 bridgehead atoms. The van der Waals surface area contributed by atoms with E-state index < -0.39 is 0 Å². The van der Waals surface area contributed by atoms with E-state index in [0.29, 0.717) is 11.5 Å². The fourth-order valence-corrected chi connectivity index (χ4v) is 2.36. The minimum Gasteiger partial charge on any atom is -0.357 e. The van der Waals surface area contributed by atoms with Crippen molar-refractivity contribution in [1.29, 1.82) is 0 Å². The third-order valence-corrected chi connectivity index (χ3v) is 3.67. The van der Waals surface area contributed by atoms with Crippen molar-refractivity contribution >= 4 is 11.7 Å². The minimum atomic E-state index is -0.0131. The molecule has 2 rings (SSSR count). The smallest absolute Gasteiger partial charge is 0.254 e. The van der Waals surface area contributed by atoms with E-state index in [-0.39, 0.29) is 5.91 Å². The van der Waals surface area contributed by atoms with E-state index >= 15 is 0 Å². The highest BCUT2D eigenvalue weighted by molar-refractivity contribution is 5.93. The van der Waals surface area contributed by atoms with Crippen LogP contribution in [0.15, 0.2) is 18.3 Å². The van der Waals surface area contributed by atoms with Crippen molar-refractivity contribution in [2.45, 2.75) is 12.8 Å². The molecule has 1 aliphatic heterocycles. The Balaban J connectivity index is 2.01. The second kappa shape index (κ2) is 6.02. The van der Waals surface area contributed by atoms with Crippen LogP contribution in [0.4, 0.5) is 5.82 Å². The Morgan fingerprint density at radius 2 is 2.11 bits per heavy atom. The summed E-state index contributed by atoms with van der Waals surface area (Å²) in [5, 5.41) is 0. The van der Waals surface area contributed by atoms with Crippen LogP contribution in [0.5, 0.6) is 0 Å². The van der Waals surface area contributed by atoms with Crippen molar-refractivity contribution in [3.8, 4) is 0 Å². The second-order valence-electron chi connectivity index (χ2n) is 5.27. The summed E-state index contributed by atoms with van der Waals surface area (Å²) in [6.07, 6.45) is 3.90. The first-order valence-electron chi connectivity index (χ1n) is 6.74. The van der Waals surface area contributed by atoms with Crippen molar-refractivity contribution < 1.29 is 4.79 Å². The third kappa shape index (κ3) is 3.23. The number of carbonyl (C=O) groups excluding carboxylic acids is 1. The van der Waals surface area contributed by atoms with Crippen LogP contribution >= 0.6 is 0 Å². The predicted molar refractivity (Wildman–Crippen MR) is 76.2 cm³/mol. The lowest BCUT2D eigenvalue weighted by Gasteiger charge is -2.32. The fourth-order valence-electron chi connectivity index (χ4n) is 2.36. The zero-order chi connectivity index (χ0) is 13.8. The SMILES string of the molecule is CN(C)C(=O)c1ccc(N2CCC(CN)CC2)nc1. The first-order valence-corrected chi connectivity index (χ1v) is 6.74. The number of amides is 1. The number of pyridine rings is 1. The maximum atomic E-state index is 11.8. The van der Waals surface area contributed by atoms with Gasteiger partial charge in [0, 0.05) is 33.4 Å². The molecule has 5 nitrogen and oxygen atoms in total. The molecule has 0 spiro atoms. The van der Waals surface area contributed by atoms with Crippen molar-refractivity contribution in [3.63, 3.8) is 0 Å². The van der Waals surface area contributed by atoms with E-state index in [1.807, 2.05) is 12.1 Å². The molecule has 1 saturated heterocycles. The molecule has 1 fully saturated rings.